The van der Waals surface area contributed by atoms with Gasteiger partial charge in [-0.15, -0.1) is 6.58 Å². The summed E-state index contributed by atoms with van der Waals surface area (Å²) < 4.78 is 18.2. The molecule has 1 heterocycles. The fourth-order valence-corrected chi connectivity index (χ4v) is 7.09. The van der Waals surface area contributed by atoms with Gasteiger partial charge in [0.15, 0.2) is 0 Å². The highest BCUT2D eigenvalue weighted by atomic mass is 16.6. The smallest absolute Gasteiger partial charge is 0.303 e. The molecule has 29 heavy (non-hydrogen) atoms. The second-order valence-corrected chi connectivity index (χ2v) is 10.7. The Balaban J connectivity index is 1.96. The Morgan fingerprint density at radius 2 is 1.52 bits per heavy atom. The lowest BCUT2D eigenvalue weighted by atomic mass is 9.43. The molecule has 2 saturated carbocycles. The molecule has 164 valence electrons. The van der Waals surface area contributed by atoms with Crippen molar-refractivity contribution in [3.63, 3.8) is 0 Å². The number of ether oxygens (including phenoxy) is 3. The third-order valence-corrected chi connectivity index (χ3v) is 8.50. The zero-order valence-electron chi connectivity index (χ0n) is 19.2. The summed E-state index contributed by atoms with van der Waals surface area (Å²) in [6.07, 6.45) is 5.93. The van der Waals surface area contributed by atoms with Crippen LogP contribution in [0.5, 0.6) is 0 Å². The van der Waals surface area contributed by atoms with Gasteiger partial charge in [0, 0.05) is 19.3 Å². The van der Waals surface area contributed by atoms with Crippen molar-refractivity contribution in [3.8, 4) is 0 Å². The van der Waals surface area contributed by atoms with Crippen molar-refractivity contribution in [2.45, 2.75) is 104 Å². The van der Waals surface area contributed by atoms with Crippen LogP contribution in [0.2, 0.25) is 0 Å². The minimum absolute atomic E-state index is 0.0219. The molecule has 1 saturated heterocycles. The van der Waals surface area contributed by atoms with Crippen LogP contribution in [0.1, 0.15) is 80.6 Å². The number of hydrogen-bond donors (Lipinski definition) is 0. The van der Waals surface area contributed by atoms with Gasteiger partial charge in [-0.2, -0.15) is 0 Å². The highest BCUT2D eigenvalue weighted by Crippen LogP contribution is 2.66. The molecule has 0 radical (unpaired) electrons. The van der Waals surface area contributed by atoms with Gasteiger partial charge in [0.05, 0.1) is 5.60 Å². The first kappa shape index (κ1) is 22.3. The number of esters is 2. The van der Waals surface area contributed by atoms with Gasteiger partial charge in [-0.1, -0.05) is 26.8 Å². The number of rotatable bonds is 3. The molecule has 3 rings (SSSR count). The summed E-state index contributed by atoms with van der Waals surface area (Å²) in [6, 6.07) is 0. The molecule has 0 aromatic heterocycles. The van der Waals surface area contributed by atoms with Crippen molar-refractivity contribution >= 4 is 11.9 Å². The third-order valence-electron chi connectivity index (χ3n) is 8.50. The van der Waals surface area contributed by atoms with E-state index in [1.54, 1.807) is 6.08 Å². The zero-order valence-corrected chi connectivity index (χ0v) is 19.2. The average Bonchev–Trinajstić information content (AvgIpc) is 2.58. The fraction of sp³-hybridized carbons (Fsp3) is 0.833. The summed E-state index contributed by atoms with van der Waals surface area (Å²) in [7, 11) is 0. The Bertz CT molecular complexity index is 699. The molecule has 0 bridgehead atoms. The van der Waals surface area contributed by atoms with Crippen molar-refractivity contribution in [1.82, 2.24) is 0 Å². The molecule has 3 aliphatic rings. The van der Waals surface area contributed by atoms with Gasteiger partial charge in [-0.05, 0) is 63.2 Å². The maximum absolute atomic E-state index is 11.8. The Morgan fingerprint density at radius 1 is 0.931 bits per heavy atom. The van der Waals surface area contributed by atoms with Gasteiger partial charge in [0.2, 0.25) is 0 Å². The normalized spacial score (nSPS) is 46.0. The monoisotopic (exact) mass is 406 g/mol. The molecule has 0 amide bonds. The van der Waals surface area contributed by atoms with Crippen LogP contribution in [0.15, 0.2) is 12.7 Å². The molecular formula is C24H38O5. The summed E-state index contributed by atoms with van der Waals surface area (Å²) in [6.45, 7) is 18.0. The van der Waals surface area contributed by atoms with Crippen LogP contribution in [0, 0.1) is 22.7 Å². The van der Waals surface area contributed by atoms with E-state index in [1.807, 2.05) is 6.92 Å². The Kier molecular flexibility index (Phi) is 5.47. The van der Waals surface area contributed by atoms with E-state index < -0.39 is 5.60 Å². The van der Waals surface area contributed by atoms with E-state index in [2.05, 4.69) is 34.3 Å². The first-order chi connectivity index (χ1) is 13.3. The summed E-state index contributed by atoms with van der Waals surface area (Å²) in [4.78, 5) is 23.5. The number of carbonyl (C=O) groups is 2. The summed E-state index contributed by atoms with van der Waals surface area (Å²) >= 11 is 0. The van der Waals surface area contributed by atoms with Crippen molar-refractivity contribution in [1.29, 1.82) is 0 Å². The van der Waals surface area contributed by atoms with Gasteiger partial charge in [-0.25, -0.2) is 0 Å². The zero-order chi connectivity index (χ0) is 21.8. The van der Waals surface area contributed by atoms with Crippen molar-refractivity contribution in [3.05, 3.63) is 12.7 Å². The number of carbonyl (C=O) groups excluding carboxylic acids is 2. The van der Waals surface area contributed by atoms with E-state index in [1.165, 1.54) is 13.8 Å². The molecule has 0 aromatic carbocycles. The largest absolute Gasteiger partial charge is 0.462 e. The fourth-order valence-electron chi connectivity index (χ4n) is 7.09. The Hall–Kier alpha value is -1.36. The maximum Gasteiger partial charge on any atom is 0.303 e. The lowest BCUT2D eigenvalue weighted by Crippen LogP contribution is -2.67. The molecular weight excluding hydrogens is 368 g/mol. The standard InChI is InChI=1S/C24H38O5/c1-9-23(7)20(28-16(3)26)14-18-22(6)12-11-19(27-15(2)25)21(4,5)17(22)10-13-24(18,8)29-23/h9,17-20H,1,10-14H2,2-8H3/t17?,18?,19-,20+,22+,23-,24-/m0/s1. The van der Waals surface area contributed by atoms with Crippen LogP contribution >= 0.6 is 0 Å². The molecule has 0 spiro atoms. The quantitative estimate of drug-likeness (QED) is 0.496. The van der Waals surface area contributed by atoms with E-state index >= 15 is 0 Å². The molecule has 0 N–H and O–H groups in total. The summed E-state index contributed by atoms with van der Waals surface area (Å²) in [5.74, 6) is 0.168. The van der Waals surface area contributed by atoms with E-state index in [0.29, 0.717) is 5.92 Å². The Morgan fingerprint density at radius 3 is 2.07 bits per heavy atom. The van der Waals surface area contributed by atoms with Crippen LogP contribution in [0.4, 0.5) is 0 Å². The molecule has 3 fully saturated rings. The topological polar surface area (TPSA) is 61.8 Å². The van der Waals surface area contributed by atoms with Gasteiger partial charge >= 0.3 is 11.9 Å². The SMILES string of the molecule is C=C[C@]1(C)O[C@@]2(C)CCC3C(C)(C)[C@@H](OC(C)=O)CC[C@@]3(C)C2C[C@H]1OC(C)=O. The van der Waals surface area contributed by atoms with Gasteiger partial charge in [-0.3, -0.25) is 9.59 Å². The highest BCUT2D eigenvalue weighted by molar-refractivity contribution is 5.66. The molecule has 7 atom stereocenters. The second-order valence-electron chi connectivity index (χ2n) is 10.7. The van der Waals surface area contributed by atoms with Crippen molar-refractivity contribution in [2.24, 2.45) is 22.7 Å². The van der Waals surface area contributed by atoms with Crippen molar-refractivity contribution in [2.75, 3.05) is 0 Å². The summed E-state index contributed by atoms with van der Waals surface area (Å²) in [5, 5.41) is 0. The minimum atomic E-state index is -0.690. The maximum atomic E-state index is 11.8. The summed E-state index contributed by atoms with van der Waals surface area (Å²) in [5.41, 5.74) is -1.08. The van der Waals surface area contributed by atoms with Crippen LogP contribution in [-0.2, 0) is 23.8 Å². The van der Waals surface area contributed by atoms with Crippen LogP contribution in [-0.4, -0.2) is 35.3 Å². The van der Waals surface area contributed by atoms with Crippen LogP contribution < -0.4 is 0 Å². The predicted octanol–water partition coefficient (Wildman–Crippen LogP) is 4.83. The first-order valence-electron chi connectivity index (χ1n) is 11.0. The second kappa shape index (κ2) is 7.11. The van der Waals surface area contributed by atoms with Gasteiger partial charge in [0.1, 0.15) is 17.8 Å². The lowest BCUT2D eigenvalue weighted by Gasteiger charge is -2.66. The molecule has 1 aliphatic heterocycles. The van der Waals surface area contributed by atoms with Crippen molar-refractivity contribution < 1.29 is 23.8 Å². The number of fused-ring (bicyclic) bond motifs is 3. The number of hydrogen-bond acceptors (Lipinski definition) is 5. The molecule has 5 nitrogen and oxygen atoms in total. The van der Waals surface area contributed by atoms with Gasteiger partial charge in [0.25, 0.3) is 0 Å². The van der Waals surface area contributed by atoms with Crippen LogP contribution in [0.3, 0.4) is 0 Å². The molecule has 5 heteroatoms. The highest BCUT2D eigenvalue weighted by Gasteiger charge is 2.65. The molecule has 0 aromatic rings. The van der Waals surface area contributed by atoms with E-state index in [4.69, 9.17) is 14.2 Å². The van der Waals surface area contributed by atoms with Crippen LogP contribution in [0.25, 0.3) is 0 Å². The average molecular weight is 407 g/mol. The minimum Gasteiger partial charge on any atom is -0.462 e. The van der Waals surface area contributed by atoms with E-state index in [-0.39, 0.29) is 46.5 Å². The molecule has 2 aliphatic carbocycles. The molecule has 2 unspecified atom stereocenters. The van der Waals surface area contributed by atoms with E-state index in [9.17, 15) is 9.59 Å². The Labute approximate surface area is 175 Å². The lowest BCUT2D eigenvalue weighted by molar-refractivity contribution is -0.291. The first-order valence-corrected chi connectivity index (χ1v) is 11.0. The third kappa shape index (κ3) is 3.54. The van der Waals surface area contributed by atoms with E-state index in [0.717, 1.165) is 32.1 Å². The predicted molar refractivity (Wildman–Crippen MR) is 111 cm³/mol. The van der Waals surface area contributed by atoms with Gasteiger partial charge < -0.3 is 14.2 Å².